The molecule has 61 heavy (non-hydrogen) atoms. The molecular weight excluding hydrogens is 767 g/mol. The van der Waals surface area contributed by atoms with Crippen LogP contribution in [0.25, 0.3) is 26.7 Å². The first-order valence-corrected chi connectivity index (χ1v) is 21.2. The number of fused-ring (bicyclic) bond motifs is 2. The highest BCUT2D eigenvalue weighted by atomic mass is 16.4. The first-order chi connectivity index (χ1) is 28.9. The van der Waals surface area contributed by atoms with E-state index in [2.05, 4.69) is 53.8 Å². The zero-order valence-electron chi connectivity index (χ0n) is 37.3. The Balaban J connectivity index is 0.000000231. The molecule has 4 aromatic rings. The maximum atomic E-state index is 13.2. The number of Topliss-reactive ketones (excluding diaryl/α,β-unsaturated/α-hetero) is 2. The molecule has 0 aliphatic heterocycles. The molecule has 0 spiro atoms. The van der Waals surface area contributed by atoms with E-state index in [4.69, 9.17) is 6.57 Å². The number of carboxylic acid groups (broad SMARTS) is 1. The summed E-state index contributed by atoms with van der Waals surface area (Å²) in [6, 6.07) is 6.86. The van der Waals surface area contributed by atoms with Crippen molar-refractivity contribution in [1.82, 2.24) is 19.8 Å². The molecule has 2 aliphatic rings. The minimum absolute atomic E-state index is 0.0373. The lowest BCUT2D eigenvalue weighted by Gasteiger charge is -2.18. The molecule has 0 radical (unpaired) electrons. The van der Waals surface area contributed by atoms with Crippen LogP contribution in [-0.2, 0) is 9.59 Å². The number of hydrogen-bond acceptors (Lipinski definition) is 5. The van der Waals surface area contributed by atoms with Crippen LogP contribution in [0.1, 0.15) is 148 Å². The number of aromatic carboxylic acids is 1. The number of rotatable bonds is 13. The van der Waals surface area contributed by atoms with Crippen LogP contribution in [0.5, 0.6) is 0 Å². The number of nitrogens with zero attached hydrogens (tertiary/aromatic N) is 3. The molecule has 2 aliphatic carbocycles. The zero-order chi connectivity index (χ0) is 44.9. The second kappa shape index (κ2) is 19.4. The Bertz CT molecular complexity index is 2620. The Kier molecular flexibility index (Phi) is 14.6. The van der Waals surface area contributed by atoms with Gasteiger partial charge in [-0.05, 0) is 115 Å². The highest BCUT2D eigenvalue weighted by Crippen LogP contribution is 2.33. The topological polar surface area (TPSA) is 144 Å². The number of allylic oxidation sites excluding steroid dienone is 6. The highest BCUT2D eigenvalue weighted by molar-refractivity contribution is 6.12. The Hall–Kier alpha value is -6.28. The van der Waals surface area contributed by atoms with E-state index < -0.39 is 5.97 Å². The fraction of sp³-hybridized carbons (Fsp3) is 0.400. The molecule has 0 saturated carbocycles. The number of aryl methyl sites for hydroxylation is 2. The summed E-state index contributed by atoms with van der Waals surface area (Å²) in [7, 11) is 0. The molecule has 2 aromatic carbocycles. The van der Waals surface area contributed by atoms with Crippen molar-refractivity contribution in [3.63, 3.8) is 0 Å². The van der Waals surface area contributed by atoms with Gasteiger partial charge in [0.1, 0.15) is 0 Å². The summed E-state index contributed by atoms with van der Waals surface area (Å²) in [5.41, 5.74) is 10.3. The van der Waals surface area contributed by atoms with Crippen LogP contribution in [0.2, 0.25) is 0 Å². The number of aromatic nitrogens is 2. The number of carboxylic acids is 1. The molecule has 0 bridgehead atoms. The summed E-state index contributed by atoms with van der Waals surface area (Å²) in [4.78, 5) is 66.8. The lowest BCUT2D eigenvalue weighted by Crippen LogP contribution is -2.30. The van der Waals surface area contributed by atoms with Gasteiger partial charge in [-0.25, -0.2) is 9.64 Å². The van der Waals surface area contributed by atoms with E-state index in [9.17, 15) is 29.1 Å². The fourth-order valence-electron chi connectivity index (χ4n) is 8.45. The summed E-state index contributed by atoms with van der Waals surface area (Å²) in [6.07, 6.45) is 12.3. The van der Waals surface area contributed by atoms with Gasteiger partial charge in [0.05, 0.1) is 17.7 Å². The van der Waals surface area contributed by atoms with Gasteiger partial charge in [0, 0.05) is 89.0 Å². The number of benzene rings is 2. The number of ketones is 2. The maximum absolute atomic E-state index is 13.2. The van der Waals surface area contributed by atoms with Crippen molar-refractivity contribution >= 4 is 56.8 Å². The average Bonchev–Trinajstić information content (AvgIpc) is 3.72. The van der Waals surface area contributed by atoms with E-state index in [1.54, 1.807) is 12.1 Å². The number of carbonyl (C=O) groups excluding carboxylic acids is 4. The molecule has 2 heterocycles. The Morgan fingerprint density at radius 1 is 0.705 bits per heavy atom. The standard InChI is InChI=1S/C25H29N3O2.C25H30N2O4/c1-7-8-18-9-16(4)10-23(29)21(18)13-27-25(30)20-11-19(26-6)12-22-24(20)17(5)14-28(22)15(2)3;1-6-7-17-8-15(4)9-22(28)20(17)12-26-24(29)19-10-18(25(30)31)11-21-23(19)16(5)13-27(21)14(2)3/h9,11-12,14-15H,7-8,10,13H2,1-5H3,(H,27,30);8,10-11,13-14H,6-7,9,12H2,1-5H3,(H,26,29)(H,30,31). The van der Waals surface area contributed by atoms with Gasteiger partial charge in [-0.3, -0.25) is 19.2 Å². The van der Waals surface area contributed by atoms with E-state index in [1.807, 2.05) is 70.6 Å². The largest absolute Gasteiger partial charge is 0.478 e. The number of nitrogens with one attached hydrogen (secondary N) is 2. The van der Waals surface area contributed by atoms with E-state index in [-0.39, 0.29) is 54.1 Å². The van der Waals surface area contributed by atoms with Crippen LogP contribution >= 0.6 is 0 Å². The van der Waals surface area contributed by atoms with E-state index >= 15 is 0 Å². The first kappa shape index (κ1) is 45.8. The van der Waals surface area contributed by atoms with Gasteiger partial charge in [-0.2, -0.15) is 0 Å². The van der Waals surface area contributed by atoms with Crippen molar-refractivity contribution in [2.75, 3.05) is 13.1 Å². The lowest BCUT2D eigenvalue weighted by atomic mass is 9.89. The molecule has 3 N–H and O–H groups in total. The molecule has 0 atom stereocenters. The Labute approximate surface area is 359 Å². The molecule has 320 valence electrons. The SMILES string of the molecule is CCCC1=C(CNC(=O)c2cc(C(=O)O)cc3c2c(C)cn3C(C)C)C(=O)CC(C)=C1.[C-]#[N+]c1cc(C(=O)NCC2=C(CCC)C=C(C)CC2=O)c2c(C)cn(C(C)C)c2c1. The van der Waals surface area contributed by atoms with Crippen molar-refractivity contribution in [3.8, 4) is 0 Å². The Morgan fingerprint density at radius 3 is 1.52 bits per heavy atom. The van der Waals surface area contributed by atoms with E-state index in [1.165, 1.54) is 6.07 Å². The second-order valence-electron chi connectivity index (χ2n) is 16.9. The van der Waals surface area contributed by atoms with Gasteiger partial charge >= 0.3 is 5.97 Å². The molecule has 0 fully saturated rings. The molecule has 2 aromatic heterocycles. The van der Waals surface area contributed by atoms with Crippen LogP contribution < -0.4 is 10.6 Å². The van der Waals surface area contributed by atoms with Gasteiger partial charge in [0.2, 0.25) is 0 Å². The molecule has 6 rings (SSSR count). The summed E-state index contributed by atoms with van der Waals surface area (Å²) in [6.45, 7) is 27.9. The molecule has 0 saturated heterocycles. The van der Waals surface area contributed by atoms with Crippen molar-refractivity contribution in [3.05, 3.63) is 121 Å². The molecular formula is C50H59N5O6. The third-order valence-corrected chi connectivity index (χ3v) is 11.3. The number of hydrogen-bond donors (Lipinski definition) is 3. The second-order valence-corrected chi connectivity index (χ2v) is 16.9. The highest BCUT2D eigenvalue weighted by Gasteiger charge is 2.25. The van der Waals surface area contributed by atoms with E-state index in [0.717, 1.165) is 80.9 Å². The molecule has 0 unspecified atom stereocenters. The summed E-state index contributed by atoms with van der Waals surface area (Å²) in [5.74, 6) is -1.59. The molecule has 2 amide bonds. The predicted octanol–water partition coefficient (Wildman–Crippen LogP) is 10.8. The van der Waals surface area contributed by atoms with Crippen molar-refractivity contribution in [1.29, 1.82) is 0 Å². The molecule has 11 nitrogen and oxygen atoms in total. The minimum Gasteiger partial charge on any atom is -0.478 e. The van der Waals surface area contributed by atoms with Crippen LogP contribution in [0.4, 0.5) is 5.69 Å². The van der Waals surface area contributed by atoms with E-state index in [0.29, 0.717) is 40.8 Å². The smallest absolute Gasteiger partial charge is 0.335 e. The quantitative estimate of drug-likeness (QED) is 0.115. The van der Waals surface area contributed by atoms with Gasteiger partial charge in [-0.15, -0.1) is 0 Å². The minimum atomic E-state index is -1.08. The van der Waals surface area contributed by atoms with Crippen molar-refractivity contribution in [2.24, 2.45) is 0 Å². The summed E-state index contributed by atoms with van der Waals surface area (Å²) >= 11 is 0. The van der Waals surface area contributed by atoms with Gasteiger partial charge in [0.15, 0.2) is 17.3 Å². The third-order valence-electron chi connectivity index (χ3n) is 11.3. The predicted molar refractivity (Wildman–Crippen MR) is 243 cm³/mol. The summed E-state index contributed by atoms with van der Waals surface area (Å²) < 4.78 is 4.07. The van der Waals surface area contributed by atoms with Crippen LogP contribution in [0, 0.1) is 20.4 Å². The molecule has 11 heteroatoms. The van der Waals surface area contributed by atoms with Crippen LogP contribution in [0.15, 0.2) is 82.2 Å². The van der Waals surface area contributed by atoms with Crippen LogP contribution in [-0.4, -0.2) is 56.7 Å². The van der Waals surface area contributed by atoms with Crippen LogP contribution in [0.3, 0.4) is 0 Å². The lowest BCUT2D eigenvalue weighted by molar-refractivity contribution is -0.116. The van der Waals surface area contributed by atoms with Gasteiger partial charge in [0.25, 0.3) is 11.8 Å². The van der Waals surface area contributed by atoms with Crippen molar-refractivity contribution in [2.45, 2.75) is 120 Å². The fourth-order valence-corrected chi connectivity index (χ4v) is 8.45. The summed E-state index contributed by atoms with van der Waals surface area (Å²) in [5, 5.41) is 17.0. The zero-order valence-corrected chi connectivity index (χ0v) is 37.3. The monoisotopic (exact) mass is 825 g/mol. The van der Waals surface area contributed by atoms with Gasteiger partial charge < -0.3 is 24.9 Å². The normalized spacial score (nSPS) is 14.3. The number of amides is 2. The first-order valence-electron chi connectivity index (χ1n) is 21.2. The van der Waals surface area contributed by atoms with Crippen molar-refractivity contribution < 1.29 is 29.1 Å². The average molecular weight is 826 g/mol. The third kappa shape index (κ3) is 10.0. The number of carbonyl (C=O) groups is 5. The van der Waals surface area contributed by atoms with Gasteiger partial charge in [-0.1, -0.05) is 50.0 Å². The Morgan fingerprint density at radius 2 is 1.13 bits per heavy atom. The maximum Gasteiger partial charge on any atom is 0.335 e.